The van der Waals surface area contributed by atoms with Gasteiger partial charge in [0.1, 0.15) is 30.5 Å². The molecule has 0 aromatic carbocycles. The second-order valence-electron chi connectivity index (χ2n) is 29.3. The first-order valence-corrected chi connectivity index (χ1v) is 40.0. The Morgan fingerprint density at radius 2 is 0.787 bits per heavy atom. The van der Waals surface area contributed by atoms with Crippen molar-refractivity contribution >= 4 is 63.1 Å². The van der Waals surface area contributed by atoms with Crippen LogP contribution in [0.4, 0.5) is 0 Å². The summed E-state index contributed by atoms with van der Waals surface area (Å²) in [6, 6.07) is 0. The van der Waals surface area contributed by atoms with E-state index in [0.29, 0.717) is 56.8 Å². The van der Waals surface area contributed by atoms with E-state index in [0.717, 1.165) is 15.6 Å². The molecule has 0 radical (unpaired) electrons. The Bertz CT molecular complexity index is 1880. The maximum atomic E-state index is 11.0. The number of halogens is 2. The predicted molar refractivity (Wildman–Crippen MR) is 346 cm³/mol. The molecule has 0 amide bonds. The van der Waals surface area contributed by atoms with Crippen LogP contribution in [0.1, 0.15) is 185 Å². The van der Waals surface area contributed by atoms with Gasteiger partial charge in [-0.1, -0.05) is 154 Å². The van der Waals surface area contributed by atoms with Crippen LogP contribution >= 0.6 is 31.9 Å². The summed E-state index contributed by atoms with van der Waals surface area (Å²) >= 11 is 6.64. The molecule has 3 rings (SSSR count). The van der Waals surface area contributed by atoms with Crippen molar-refractivity contribution in [2.45, 2.75) is 306 Å². The van der Waals surface area contributed by atoms with E-state index in [-0.39, 0.29) is 45.3 Å². The van der Waals surface area contributed by atoms with Gasteiger partial charge in [-0.25, -0.2) is 0 Å². The lowest BCUT2D eigenvalue weighted by atomic mass is 9.98. The Balaban J connectivity index is 0.00000110. The fourth-order valence-electron chi connectivity index (χ4n) is 7.17. The molecule has 2 N–H and O–H groups in total. The minimum Gasteiger partial charge on any atom is -0.417 e. The Hall–Kier alpha value is -0.299. The summed E-state index contributed by atoms with van der Waals surface area (Å²) in [6.45, 7) is 65.8. The number of rotatable bonds is 19. The number of aliphatic hydroxyl groups is 2. The molecule has 0 aliphatic carbocycles. The zero-order valence-electron chi connectivity index (χ0n) is 56.2. The highest BCUT2D eigenvalue weighted by Crippen LogP contribution is 2.40. The van der Waals surface area contributed by atoms with Gasteiger partial charge in [0.05, 0.1) is 21.7 Å². The number of allylic oxidation sites excluding steroid dienone is 1. The van der Waals surface area contributed by atoms with Crippen molar-refractivity contribution in [3.63, 3.8) is 0 Å². The van der Waals surface area contributed by atoms with Crippen LogP contribution in [0.2, 0.25) is 54.4 Å². The van der Waals surface area contributed by atoms with E-state index in [9.17, 15) is 15.0 Å². The van der Waals surface area contributed by atoms with Gasteiger partial charge in [-0.3, -0.25) is 0 Å². The molecule has 2 unspecified atom stereocenters. The highest BCUT2D eigenvalue weighted by Gasteiger charge is 2.47. The number of carbonyl (C=O) groups excluding carboxylic acids is 1. The monoisotopic (exact) mass is 1310 g/mol. The molecule has 0 aromatic heterocycles. The van der Waals surface area contributed by atoms with E-state index >= 15 is 0 Å². The zero-order chi connectivity index (χ0) is 63.0. The molecule has 0 saturated carbocycles. The van der Waals surface area contributed by atoms with E-state index in [2.05, 4.69) is 226 Å². The largest absolute Gasteiger partial charge is 0.417 e. The molecule has 3 aliphatic heterocycles. The zero-order valence-corrected chi connectivity index (χ0v) is 62.4. The van der Waals surface area contributed by atoms with Gasteiger partial charge in [0, 0.05) is 31.7 Å². The first-order valence-electron chi connectivity index (χ1n) is 29.7. The lowest BCUT2D eigenvalue weighted by molar-refractivity contribution is -0.153. The van der Waals surface area contributed by atoms with E-state index < -0.39 is 72.8 Å². The highest BCUT2D eigenvalue weighted by atomic mass is 79.9. The number of hydrogen-bond acceptors (Lipinski definition) is 12. The predicted octanol–water partition coefficient (Wildman–Crippen LogP) is 16.2. The van der Waals surface area contributed by atoms with E-state index in [1.54, 1.807) is 0 Å². The smallest absolute Gasteiger partial charge is 0.191 e. The summed E-state index contributed by atoms with van der Waals surface area (Å²) in [5, 5.41) is 21.7. The number of aldehydes is 1. The van der Waals surface area contributed by atoms with Gasteiger partial charge in [0.25, 0.3) is 0 Å². The van der Waals surface area contributed by atoms with Crippen LogP contribution in [0.25, 0.3) is 0 Å². The molecule has 12 nitrogen and oxygen atoms in total. The second-order valence-corrected chi connectivity index (χ2v) is 46.5. The van der Waals surface area contributed by atoms with Gasteiger partial charge in [0.2, 0.25) is 0 Å². The molecular formula is C63H120Br2O12Si3. The third kappa shape index (κ3) is 28.9. The quantitative estimate of drug-likeness (QED) is 0.0723. The lowest BCUT2D eigenvalue weighted by Crippen LogP contribution is -2.42. The fourth-order valence-corrected chi connectivity index (χ4v) is 11.2. The minimum atomic E-state index is -1.79. The molecule has 0 spiro atoms. The summed E-state index contributed by atoms with van der Waals surface area (Å²) in [7, 11) is -5.31. The first kappa shape index (κ1) is 79.7. The molecule has 80 heavy (non-hydrogen) atoms. The van der Waals surface area contributed by atoms with Gasteiger partial charge in [-0.05, 0) is 171 Å². The van der Waals surface area contributed by atoms with Gasteiger partial charge < -0.3 is 56.7 Å². The van der Waals surface area contributed by atoms with Crippen LogP contribution in [0.3, 0.4) is 0 Å². The fraction of sp³-hybridized carbons (Fsp3) is 0.889. The molecule has 3 aliphatic rings. The SMILES string of the molecule is CC(C)[C@H](C)C#CC(O)[C@H]1OC(C)(C)O[C@H]1CCO[Si](C)(C)C(C)(C)C.CC(C)[C@H](C)C#CC(O)[C@H]1OC(C)(C)O[C@H]1CCO[Si](C)(C)C(C)(C)C.CC(C)[C@H](C)C=C(Br)Br.CC1(C)O[C@@H](CCO[Si](C)(C)C(C)(C)C)[C@@H](C=O)O1. The van der Waals surface area contributed by atoms with Gasteiger partial charge >= 0.3 is 0 Å². The highest BCUT2D eigenvalue weighted by molar-refractivity contribution is 9.28. The van der Waals surface area contributed by atoms with Crippen molar-refractivity contribution in [2.75, 3.05) is 19.8 Å². The Kier molecular flexibility index (Phi) is 33.0. The van der Waals surface area contributed by atoms with Gasteiger partial charge in [-0.2, -0.15) is 0 Å². The van der Waals surface area contributed by atoms with E-state index in [1.807, 2.05) is 41.5 Å². The number of carbonyl (C=O) groups is 1. The third-order valence-electron chi connectivity index (χ3n) is 16.8. The number of aliphatic hydroxyl groups excluding tert-OH is 2. The van der Waals surface area contributed by atoms with Crippen molar-refractivity contribution < 1.29 is 56.7 Å². The van der Waals surface area contributed by atoms with Crippen LogP contribution in [-0.4, -0.2) is 127 Å². The molecule has 17 heteroatoms. The summed E-state index contributed by atoms with van der Waals surface area (Å²) in [6.07, 6.45) is 1.37. The summed E-state index contributed by atoms with van der Waals surface area (Å²) in [4.78, 5) is 11.0. The molecule has 3 heterocycles. The minimum absolute atomic E-state index is 0.177. The molecule has 470 valence electrons. The van der Waals surface area contributed by atoms with Crippen LogP contribution < -0.4 is 0 Å². The Morgan fingerprint density at radius 3 is 1.04 bits per heavy atom. The van der Waals surface area contributed by atoms with Crippen molar-refractivity contribution in [3.05, 3.63) is 9.47 Å². The van der Waals surface area contributed by atoms with Crippen LogP contribution in [-0.2, 0) is 46.5 Å². The maximum Gasteiger partial charge on any atom is 0.191 e. The standard InChI is InChI=1S/2C21H40O4Si.C14H28O4Si.C7H12Br2/c2*1-15(2)16(3)11-12-17(22)19-18(24-21(7,8)25-19)13-14-23-26(9,10)20(4,5)6;1-13(2,3)19(6,7)16-9-8-11-12(10-15)18-14(4,5)17-11;1-5(2)6(3)4-7(8)9/h2*15-19,22H,13-14H2,1-10H3;10-12H,8-9H2,1-7H3;4-6H,1-3H3/t2*16-,17?,18+,19-;11-,12+;6-/m1101/s1. The Morgan fingerprint density at radius 1 is 0.500 bits per heavy atom. The lowest BCUT2D eigenvalue weighted by Gasteiger charge is -2.36. The average molecular weight is 1310 g/mol. The first-order chi connectivity index (χ1) is 35.8. The van der Waals surface area contributed by atoms with E-state index in [4.69, 9.17) is 41.7 Å². The van der Waals surface area contributed by atoms with Crippen LogP contribution in [0.15, 0.2) is 9.47 Å². The van der Waals surface area contributed by atoms with Crippen molar-refractivity contribution in [3.8, 4) is 23.7 Å². The topological polar surface area (TPSA) is 141 Å². The molecule has 0 aromatic rings. The third-order valence-corrected chi connectivity index (χ3v) is 30.9. The molecule has 11 atom stereocenters. The van der Waals surface area contributed by atoms with Gasteiger partial charge in [-0.15, -0.1) is 0 Å². The van der Waals surface area contributed by atoms with E-state index in [1.165, 1.54) is 0 Å². The molecule has 3 fully saturated rings. The van der Waals surface area contributed by atoms with Gasteiger partial charge in [0.15, 0.2) is 48.6 Å². The molecule has 3 saturated heterocycles. The molecule has 0 bridgehead atoms. The van der Waals surface area contributed by atoms with Crippen molar-refractivity contribution in [1.29, 1.82) is 0 Å². The average Bonchev–Trinajstić information content (AvgIpc) is 3.89. The molecular weight excluding hydrogens is 1190 g/mol. The summed E-state index contributed by atoms with van der Waals surface area (Å²) in [5.74, 6) is 12.9. The normalized spacial score (nSPS) is 24.8. The second kappa shape index (κ2) is 33.2. The summed E-state index contributed by atoms with van der Waals surface area (Å²) in [5.41, 5.74) is 0. The van der Waals surface area contributed by atoms with Crippen LogP contribution in [0.5, 0.6) is 0 Å². The maximum absolute atomic E-state index is 11.0. The van der Waals surface area contributed by atoms with Crippen molar-refractivity contribution in [1.82, 2.24) is 0 Å². The number of ether oxygens (including phenoxy) is 6. The van der Waals surface area contributed by atoms with Crippen LogP contribution in [0, 0.1) is 59.2 Å². The number of hydrogen-bond donors (Lipinski definition) is 2. The summed E-state index contributed by atoms with van der Waals surface area (Å²) < 4.78 is 54.9. The van der Waals surface area contributed by atoms with Crippen molar-refractivity contribution in [2.24, 2.45) is 35.5 Å². The Labute approximate surface area is 511 Å².